The summed E-state index contributed by atoms with van der Waals surface area (Å²) in [6, 6.07) is 12.7. The van der Waals surface area contributed by atoms with Crippen molar-refractivity contribution in [3.05, 3.63) is 57.7 Å². The Kier molecular flexibility index (Phi) is 3.69. The van der Waals surface area contributed by atoms with Crippen LogP contribution in [0.2, 0.25) is 0 Å². The van der Waals surface area contributed by atoms with Crippen molar-refractivity contribution in [3.63, 3.8) is 0 Å². The molecule has 1 heterocycles. The molecule has 2 nitrogen and oxygen atoms in total. The van der Waals surface area contributed by atoms with Gasteiger partial charge in [-0.1, -0.05) is 6.07 Å². The summed E-state index contributed by atoms with van der Waals surface area (Å²) >= 11 is 8.49. The Balaban J connectivity index is 2.34. The van der Waals surface area contributed by atoms with Gasteiger partial charge >= 0.3 is 0 Å². The molecule has 0 radical (unpaired) electrons. The molecular weight excluding hydrogens is 390 g/mol. The van der Waals surface area contributed by atoms with Gasteiger partial charge in [0.1, 0.15) is 11.6 Å². The van der Waals surface area contributed by atoms with Crippen molar-refractivity contribution >= 4 is 45.2 Å². The van der Waals surface area contributed by atoms with Crippen LogP contribution in [0.25, 0.3) is 16.7 Å². The Bertz CT molecular complexity index is 783. The average Bonchev–Trinajstić information content (AvgIpc) is 2.77. The maximum absolute atomic E-state index is 13.4. The highest BCUT2D eigenvalue weighted by molar-refractivity contribution is 14.1. The molecule has 0 bridgehead atoms. The fourth-order valence-corrected chi connectivity index (χ4v) is 2.90. The number of imidazole rings is 1. The molecule has 0 aliphatic carbocycles. The van der Waals surface area contributed by atoms with Gasteiger partial charge in [0, 0.05) is 15.3 Å². The largest absolute Gasteiger partial charge is 0.295 e. The Morgan fingerprint density at radius 1 is 1.25 bits per heavy atom. The van der Waals surface area contributed by atoms with Crippen molar-refractivity contribution in [2.45, 2.75) is 12.3 Å². The van der Waals surface area contributed by atoms with Gasteiger partial charge in [-0.25, -0.2) is 9.37 Å². The Labute approximate surface area is 134 Å². The quantitative estimate of drug-likeness (QED) is 0.434. The summed E-state index contributed by atoms with van der Waals surface area (Å²) in [4.78, 5) is 4.47. The van der Waals surface area contributed by atoms with Crippen LogP contribution in [0.5, 0.6) is 0 Å². The summed E-state index contributed by atoms with van der Waals surface area (Å²) in [5.74, 6) is 0.424. The minimum atomic E-state index is -0.293. The van der Waals surface area contributed by atoms with E-state index in [1.807, 2.05) is 35.8 Å². The van der Waals surface area contributed by atoms with Crippen molar-refractivity contribution in [1.29, 1.82) is 0 Å². The van der Waals surface area contributed by atoms with Crippen LogP contribution in [-0.2, 0) is 0 Å². The summed E-state index contributed by atoms with van der Waals surface area (Å²) in [6.07, 6.45) is 0. The minimum absolute atomic E-state index is 0.261. The van der Waals surface area contributed by atoms with Crippen LogP contribution in [0.4, 0.5) is 4.39 Å². The lowest BCUT2D eigenvalue weighted by molar-refractivity contribution is 0.629. The number of nitrogens with zero attached hydrogens (tertiary/aromatic N) is 2. The van der Waals surface area contributed by atoms with Gasteiger partial charge in [0.2, 0.25) is 0 Å². The first kappa shape index (κ1) is 13.8. The number of hydrogen-bond acceptors (Lipinski definition) is 1. The van der Waals surface area contributed by atoms with Crippen molar-refractivity contribution < 1.29 is 4.39 Å². The topological polar surface area (TPSA) is 17.8 Å². The molecule has 0 amide bonds. The van der Waals surface area contributed by atoms with Gasteiger partial charge in [-0.05, 0) is 59.8 Å². The number of rotatable bonds is 2. The predicted molar refractivity (Wildman–Crippen MR) is 88.0 cm³/mol. The molecule has 1 aromatic heterocycles. The van der Waals surface area contributed by atoms with E-state index in [0.29, 0.717) is 11.3 Å². The van der Waals surface area contributed by atoms with Gasteiger partial charge in [-0.3, -0.25) is 4.57 Å². The molecule has 5 heteroatoms. The minimum Gasteiger partial charge on any atom is -0.295 e. The number of halogens is 3. The maximum Gasteiger partial charge on any atom is 0.132 e. The summed E-state index contributed by atoms with van der Waals surface area (Å²) < 4.78 is 16.5. The lowest BCUT2D eigenvalue weighted by Gasteiger charge is -2.11. The Hall–Kier alpha value is -1.14. The zero-order valence-electron chi connectivity index (χ0n) is 10.6. The number of aromatic nitrogens is 2. The molecule has 0 saturated carbocycles. The molecule has 1 atom stereocenters. The van der Waals surface area contributed by atoms with Gasteiger partial charge in [-0.2, -0.15) is 0 Å². The highest BCUT2D eigenvalue weighted by Gasteiger charge is 2.16. The van der Waals surface area contributed by atoms with Crippen LogP contribution in [-0.4, -0.2) is 9.55 Å². The molecule has 3 aromatic rings. The lowest BCUT2D eigenvalue weighted by Crippen LogP contribution is -2.02. The van der Waals surface area contributed by atoms with E-state index < -0.39 is 0 Å². The zero-order chi connectivity index (χ0) is 14.3. The molecule has 1 unspecified atom stereocenters. The van der Waals surface area contributed by atoms with Gasteiger partial charge in [-0.15, -0.1) is 11.6 Å². The summed E-state index contributed by atoms with van der Waals surface area (Å²) in [5.41, 5.74) is 2.45. The van der Waals surface area contributed by atoms with Crippen LogP contribution in [0, 0.1) is 9.39 Å². The number of hydrogen-bond donors (Lipinski definition) is 0. The fourth-order valence-electron chi connectivity index (χ4n) is 2.23. The van der Waals surface area contributed by atoms with Crippen LogP contribution in [0.15, 0.2) is 42.5 Å². The van der Waals surface area contributed by atoms with Gasteiger partial charge in [0.25, 0.3) is 0 Å². The van der Waals surface area contributed by atoms with Crippen LogP contribution in [0.3, 0.4) is 0 Å². The summed E-state index contributed by atoms with van der Waals surface area (Å²) in [5, 5.41) is -0.261. The SMILES string of the molecule is CC(Cl)c1nc2cc(F)ccc2n1-c1cccc(I)c1. The zero-order valence-corrected chi connectivity index (χ0v) is 13.6. The molecule has 0 aliphatic rings. The van der Waals surface area contributed by atoms with Crippen LogP contribution < -0.4 is 0 Å². The predicted octanol–water partition coefficient (Wildman–Crippen LogP) is 5.07. The second kappa shape index (κ2) is 5.33. The smallest absolute Gasteiger partial charge is 0.132 e. The van der Waals surface area contributed by atoms with Crippen molar-refractivity contribution in [2.75, 3.05) is 0 Å². The third kappa shape index (κ3) is 2.42. The van der Waals surface area contributed by atoms with E-state index in [-0.39, 0.29) is 11.2 Å². The number of alkyl halides is 1. The second-order valence-corrected chi connectivity index (χ2v) is 6.43. The molecular formula is C15H11ClFIN2. The molecule has 3 rings (SSSR count). The van der Waals surface area contributed by atoms with Gasteiger partial charge in [0.05, 0.1) is 16.4 Å². The maximum atomic E-state index is 13.4. The number of benzene rings is 2. The van der Waals surface area contributed by atoms with Crippen molar-refractivity contribution in [3.8, 4) is 5.69 Å². The first-order chi connectivity index (χ1) is 9.56. The monoisotopic (exact) mass is 400 g/mol. The van der Waals surface area contributed by atoms with E-state index in [9.17, 15) is 4.39 Å². The average molecular weight is 401 g/mol. The van der Waals surface area contributed by atoms with E-state index in [0.717, 1.165) is 14.8 Å². The van der Waals surface area contributed by atoms with Gasteiger partial charge < -0.3 is 0 Å². The first-order valence-electron chi connectivity index (χ1n) is 6.14. The third-order valence-electron chi connectivity index (χ3n) is 3.06. The summed E-state index contributed by atoms with van der Waals surface area (Å²) in [7, 11) is 0. The molecule has 0 aliphatic heterocycles. The number of fused-ring (bicyclic) bond motifs is 1. The molecule has 0 saturated heterocycles. The third-order valence-corrected chi connectivity index (χ3v) is 3.93. The lowest BCUT2D eigenvalue weighted by atomic mass is 10.2. The fraction of sp³-hybridized carbons (Fsp3) is 0.133. The molecule has 0 N–H and O–H groups in total. The molecule has 102 valence electrons. The molecule has 0 spiro atoms. The normalized spacial score (nSPS) is 12.8. The van der Waals surface area contributed by atoms with E-state index in [4.69, 9.17) is 11.6 Å². The van der Waals surface area contributed by atoms with E-state index in [1.54, 1.807) is 6.07 Å². The van der Waals surface area contributed by atoms with Crippen LogP contribution >= 0.6 is 34.2 Å². The molecule has 2 aromatic carbocycles. The summed E-state index contributed by atoms with van der Waals surface area (Å²) in [6.45, 7) is 1.86. The van der Waals surface area contributed by atoms with E-state index in [1.165, 1.54) is 12.1 Å². The van der Waals surface area contributed by atoms with E-state index >= 15 is 0 Å². The van der Waals surface area contributed by atoms with Crippen LogP contribution in [0.1, 0.15) is 18.1 Å². The van der Waals surface area contributed by atoms with Crippen molar-refractivity contribution in [1.82, 2.24) is 9.55 Å². The Morgan fingerprint density at radius 2 is 2.05 bits per heavy atom. The highest BCUT2D eigenvalue weighted by atomic mass is 127. The van der Waals surface area contributed by atoms with Gasteiger partial charge in [0.15, 0.2) is 0 Å². The second-order valence-electron chi connectivity index (χ2n) is 4.53. The van der Waals surface area contributed by atoms with Crippen molar-refractivity contribution in [2.24, 2.45) is 0 Å². The molecule has 0 fully saturated rings. The molecule has 20 heavy (non-hydrogen) atoms. The highest BCUT2D eigenvalue weighted by Crippen LogP contribution is 2.29. The first-order valence-corrected chi connectivity index (χ1v) is 7.65. The Morgan fingerprint density at radius 3 is 2.75 bits per heavy atom. The van der Waals surface area contributed by atoms with E-state index in [2.05, 4.69) is 27.6 Å². The standard InChI is InChI=1S/C15H11ClFIN2/c1-9(16)15-19-13-7-10(17)5-6-14(13)20(15)12-4-2-3-11(18)8-12/h2-9H,1H3.